The molecule has 68 valence electrons. The Balaban J connectivity index is 2.89. The summed E-state index contributed by atoms with van der Waals surface area (Å²) in [6.07, 6.45) is 0. The van der Waals surface area contributed by atoms with Crippen molar-refractivity contribution < 1.29 is 5.11 Å². The Labute approximate surface area is 82.2 Å². The summed E-state index contributed by atoms with van der Waals surface area (Å²) in [5, 5.41) is 17.4. The van der Waals surface area contributed by atoms with E-state index in [0.717, 1.165) is 10.5 Å². The summed E-state index contributed by atoms with van der Waals surface area (Å²) in [7, 11) is 0. The number of aliphatic hydroxyl groups is 1. The van der Waals surface area contributed by atoms with E-state index in [2.05, 4.69) is 6.07 Å². The van der Waals surface area contributed by atoms with Crippen molar-refractivity contribution in [2.45, 2.75) is 11.8 Å². The molecule has 0 fully saturated rings. The Morgan fingerprint density at radius 1 is 1.54 bits per heavy atom. The van der Waals surface area contributed by atoms with Gasteiger partial charge in [0.05, 0.1) is 12.2 Å². The molecule has 0 saturated carbocycles. The van der Waals surface area contributed by atoms with Gasteiger partial charge >= 0.3 is 0 Å². The van der Waals surface area contributed by atoms with Crippen LogP contribution in [0.2, 0.25) is 0 Å². The molecule has 0 unspecified atom stereocenters. The van der Waals surface area contributed by atoms with E-state index in [-0.39, 0.29) is 6.61 Å². The largest absolute Gasteiger partial charge is 0.396 e. The summed E-state index contributed by atoms with van der Waals surface area (Å²) in [4.78, 5) is 0.955. The molecule has 13 heavy (non-hydrogen) atoms. The average molecular weight is 193 g/mol. The van der Waals surface area contributed by atoms with Crippen molar-refractivity contribution in [3.8, 4) is 6.07 Å². The van der Waals surface area contributed by atoms with Crippen molar-refractivity contribution >= 4 is 11.8 Å². The first-order valence-corrected chi connectivity index (χ1v) is 5.01. The third kappa shape index (κ3) is 2.76. The smallest absolute Gasteiger partial charge is 0.100 e. The Bertz CT molecular complexity index is 330. The maximum absolute atomic E-state index is 8.78. The molecular weight excluding hydrogens is 182 g/mol. The number of hydrogen-bond donors (Lipinski definition) is 1. The Hall–Kier alpha value is -0.980. The number of benzene rings is 1. The lowest BCUT2D eigenvalue weighted by Crippen LogP contribution is -1.88. The predicted octanol–water partition coefficient (Wildman–Crippen LogP) is 1.95. The molecule has 2 nitrogen and oxygen atoms in total. The number of nitrogens with zero attached hydrogens (tertiary/aromatic N) is 1. The summed E-state index contributed by atoms with van der Waals surface area (Å²) in [5.74, 6) is 0.637. The SMILES string of the molecule is Cc1ccc(C#N)c(SCCO)c1. The van der Waals surface area contributed by atoms with Gasteiger partial charge in [0.2, 0.25) is 0 Å². The van der Waals surface area contributed by atoms with Crippen LogP contribution in [-0.4, -0.2) is 17.5 Å². The third-order valence-electron chi connectivity index (χ3n) is 1.61. The molecule has 3 heteroatoms. The standard InChI is InChI=1S/C10H11NOS/c1-8-2-3-9(7-11)10(6-8)13-5-4-12/h2-3,6,12H,4-5H2,1H3. The van der Waals surface area contributed by atoms with E-state index in [9.17, 15) is 0 Å². The second-order valence-corrected chi connectivity index (χ2v) is 3.82. The van der Waals surface area contributed by atoms with Gasteiger partial charge in [-0.25, -0.2) is 0 Å². The predicted molar refractivity (Wildman–Crippen MR) is 53.7 cm³/mol. The third-order valence-corrected chi connectivity index (χ3v) is 2.64. The highest BCUT2D eigenvalue weighted by Gasteiger charge is 2.01. The van der Waals surface area contributed by atoms with Crippen LogP contribution in [0.15, 0.2) is 23.1 Å². The van der Waals surface area contributed by atoms with E-state index in [0.29, 0.717) is 11.3 Å². The summed E-state index contributed by atoms with van der Waals surface area (Å²) in [6, 6.07) is 7.83. The molecule has 0 aliphatic heterocycles. The van der Waals surface area contributed by atoms with Crippen LogP contribution in [0.1, 0.15) is 11.1 Å². The van der Waals surface area contributed by atoms with Gasteiger partial charge in [-0.2, -0.15) is 5.26 Å². The van der Waals surface area contributed by atoms with E-state index in [4.69, 9.17) is 10.4 Å². The fraction of sp³-hybridized carbons (Fsp3) is 0.300. The first-order valence-electron chi connectivity index (χ1n) is 4.02. The van der Waals surface area contributed by atoms with E-state index in [1.807, 2.05) is 25.1 Å². The van der Waals surface area contributed by atoms with Crippen LogP contribution in [0, 0.1) is 18.3 Å². The lowest BCUT2D eigenvalue weighted by atomic mass is 10.2. The zero-order valence-electron chi connectivity index (χ0n) is 7.45. The van der Waals surface area contributed by atoms with Gasteiger partial charge in [0, 0.05) is 10.6 Å². The number of nitriles is 1. The van der Waals surface area contributed by atoms with E-state index >= 15 is 0 Å². The zero-order chi connectivity index (χ0) is 9.68. The van der Waals surface area contributed by atoms with Gasteiger partial charge in [0.1, 0.15) is 6.07 Å². The summed E-state index contributed by atoms with van der Waals surface area (Å²) < 4.78 is 0. The van der Waals surface area contributed by atoms with Crippen LogP contribution < -0.4 is 0 Å². The molecule has 0 saturated heterocycles. The minimum absolute atomic E-state index is 0.142. The minimum atomic E-state index is 0.142. The maximum atomic E-state index is 8.78. The molecule has 1 aromatic carbocycles. The van der Waals surface area contributed by atoms with Gasteiger partial charge in [-0.05, 0) is 24.6 Å². The lowest BCUT2D eigenvalue weighted by Gasteiger charge is -2.02. The van der Waals surface area contributed by atoms with Gasteiger partial charge in [-0.15, -0.1) is 11.8 Å². The van der Waals surface area contributed by atoms with Crippen LogP contribution >= 0.6 is 11.8 Å². The van der Waals surface area contributed by atoms with Gasteiger partial charge < -0.3 is 5.11 Å². The zero-order valence-corrected chi connectivity index (χ0v) is 8.27. The van der Waals surface area contributed by atoms with Gasteiger partial charge in [-0.3, -0.25) is 0 Å². The molecule has 0 aliphatic carbocycles. The maximum Gasteiger partial charge on any atom is 0.100 e. The Kier molecular flexibility index (Phi) is 3.81. The number of aliphatic hydroxyl groups excluding tert-OH is 1. The first kappa shape index (κ1) is 10.1. The van der Waals surface area contributed by atoms with E-state index in [1.165, 1.54) is 11.8 Å². The molecule has 0 heterocycles. The Morgan fingerprint density at radius 3 is 2.92 bits per heavy atom. The highest BCUT2D eigenvalue weighted by Crippen LogP contribution is 2.22. The second-order valence-electron chi connectivity index (χ2n) is 2.68. The molecule has 0 atom stereocenters. The number of rotatable bonds is 3. The van der Waals surface area contributed by atoms with Gasteiger partial charge in [-0.1, -0.05) is 6.07 Å². The molecule has 1 N–H and O–H groups in total. The van der Waals surface area contributed by atoms with Crippen LogP contribution in [0.25, 0.3) is 0 Å². The quantitative estimate of drug-likeness (QED) is 0.746. The van der Waals surface area contributed by atoms with Gasteiger partial charge in [0.25, 0.3) is 0 Å². The van der Waals surface area contributed by atoms with Crippen molar-refractivity contribution in [3.05, 3.63) is 29.3 Å². The van der Waals surface area contributed by atoms with E-state index < -0.39 is 0 Å². The molecule has 0 aromatic heterocycles. The topological polar surface area (TPSA) is 44.0 Å². The van der Waals surface area contributed by atoms with Crippen LogP contribution in [0.3, 0.4) is 0 Å². The van der Waals surface area contributed by atoms with Crippen LogP contribution in [0.4, 0.5) is 0 Å². The number of hydrogen-bond acceptors (Lipinski definition) is 3. The first-order chi connectivity index (χ1) is 6.27. The molecule has 0 radical (unpaired) electrons. The monoisotopic (exact) mass is 193 g/mol. The minimum Gasteiger partial charge on any atom is -0.396 e. The second kappa shape index (κ2) is 4.90. The van der Waals surface area contributed by atoms with Crippen LogP contribution in [0.5, 0.6) is 0 Å². The van der Waals surface area contributed by atoms with E-state index in [1.54, 1.807) is 0 Å². The fourth-order valence-corrected chi connectivity index (χ4v) is 1.85. The van der Waals surface area contributed by atoms with Crippen molar-refractivity contribution in [2.75, 3.05) is 12.4 Å². The average Bonchev–Trinajstić information content (AvgIpc) is 2.15. The molecule has 1 rings (SSSR count). The molecular formula is C10H11NOS. The highest BCUT2D eigenvalue weighted by atomic mass is 32.2. The molecule has 0 aliphatic rings. The Morgan fingerprint density at radius 2 is 2.31 bits per heavy atom. The molecule has 0 bridgehead atoms. The van der Waals surface area contributed by atoms with Crippen LogP contribution in [-0.2, 0) is 0 Å². The number of thioether (sulfide) groups is 1. The summed E-state index contributed by atoms with van der Waals surface area (Å²) in [5.41, 5.74) is 1.82. The fourth-order valence-electron chi connectivity index (χ4n) is 0.997. The molecule has 1 aromatic rings. The van der Waals surface area contributed by atoms with Crippen molar-refractivity contribution in [3.63, 3.8) is 0 Å². The van der Waals surface area contributed by atoms with Gasteiger partial charge in [0.15, 0.2) is 0 Å². The van der Waals surface area contributed by atoms with Crippen molar-refractivity contribution in [1.29, 1.82) is 5.26 Å². The summed E-state index contributed by atoms with van der Waals surface area (Å²) in [6.45, 7) is 2.13. The summed E-state index contributed by atoms with van der Waals surface area (Å²) >= 11 is 1.51. The molecule has 0 spiro atoms. The van der Waals surface area contributed by atoms with Crippen molar-refractivity contribution in [1.82, 2.24) is 0 Å². The molecule has 0 amide bonds. The van der Waals surface area contributed by atoms with Crippen molar-refractivity contribution in [2.24, 2.45) is 0 Å². The normalized spacial score (nSPS) is 9.62. The lowest BCUT2D eigenvalue weighted by molar-refractivity contribution is 0.322. The highest BCUT2D eigenvalue weighted by molar-refractivity contribution is 7.99. The number of aryl methyl sites for hydroxylation is 1.